The summed E-state index contributed by atoms with van der Waals surface area (Å²) in [6.45, 7) is 0. The minimum absolute atomic E-state index is 0.429. The monoisotopic (exact) mass is 179 g/mol. The molecule has 0 heterocycles. The Morgan fingerprint density at radius 2 is 2.25 bits per heavy atom. The molecule has 0 amide bonds. The predicted octanol–water partition coefficient (Wildman–Crippen LogP) is 1.94. The van der Waals surface area contributed by atoms with E-state index in [9.17, 15) is 0 Å². The van der Waals surface area contributed by atoms with Gasteiger partial charge in [0.05, 0.1) is 0 Å². The first kappa shape index (κ1) is 6.93. The van der Waals surface area contributed by atoms with Crippen LogP contribution in [0, 0.1) is 5.92 Å². The zero-order valence-corrected chi connectivity index (χ0v) is 7.38. The van der Waals surface area contributed by atoms with Crippen LogP contribution in [0.2, 0.25) is 5.02 Å². The van der Waals surface area contributed by atoms with Crippen molar-refractivity contribution >= 4 is 11.6 Å². The summed E-state index contributed by atoms with van der Waals surface area (Å²) < 4.78 is 0. The molecule has 3 rings (SSSR count). The van der Waals surface area contributed by atoms with E-state index in [1.807, 2.05) is 6.07 Å². The predicted molar refractivity (Wildman–Crippen MR) is 49.4 cm³/mol. The maximum absolute atomic E-state index is 5.89. The van der Waals surface area contributed by atoms with E-state index < -0.39 is 0 Å². The van der Waals surface area contributed by atoms with Crippen molar-refractivity contribution in [2.45, 2.75) is 18.4 Å². The Morgan fingerprint density at radius 1 is 1.42 bits per heavy atom. The fourth-order valence-corrected chi connectivity index (χ4v) is 2.63. The zero-order valence-electron chi connectivity index (χ0n) is 6.63. The lowest BCUT2D eigenvalue weighted by molar-refractivity contribution is 0.801. The van der Waals surface area contributed by atoms with Crippen LogP contribution in [0.15, 0.2) is 18.2 Å². The van der Waals surface area contributed by atoms with Crippen LogP contribution in [0.1, 0.15) is 17.0 Å². The first-order valence-corrected chi connectivity index (χ1v) is 4.69. The van der Waals surface area contributed by atoms with E-state index in [4.69, 9.17) is 17.3 Å². The standard InChI is InChI=1S/C10H10ClN/c11-6-1-2-7-5(3-6)4-8-9(7)10(8)12/h1-3,8-10H,4,12H2/t8-,9-,10+/m0/s1. The lowest BCUT2D eigenvalue weighted by Gasteiger charge is -2.04. The number of nitrogens with two attached hydrogens (primary N) is 1. The molecule has 1 fully saturated rings. The van der Waals surface area contributed by atoms with Gasteiger partial charge >= 0.3 is 0 Å². The van der Waals surface area contributed by atoms with E-state index in [2.05, 4.69) is 12.1 Å². The lowest BCUT2D eigenvalue weighted by atomic mass is 10.1. The molecule has 2 heteroatoms. The maximum atomic E-state index is 5.89. The van der Waals surface area contributed by atoms with Crippen LogP contribution >= 0.6 is 11.6 Å². The van der Waals surface area contributed by atoms with Gasteiger partial charge in [-0.15, -0.1) is 0 Å². The van der Waals surface area contributed by atoms with Crippen LogP contribution in [-0.4, -0.2) is 6.04 Å². The van der Waals surface area contributed by atoms with E-state index in [0.29, 0.717) is 12.0 Å². The highest BCUT2D eigenvalue weighted by Gasteiger charge is 2.53. The fourth-order valence-electron chi connectivity index (χ4n) is 2.43. The van der Waals surface area contributed by atoms with E-state index in [1.54, 1.807) is 0 Å². The van der Waals surface area contributed by atoms with Gasteiger partial charge in [0.25, 0.3) is 0 Å². The Bertz CT molecular complexity index is 348. The molecule has 3 atom stereocenters. The lowest BCUT2D eigenvalue weighted by Crippen LogP contribution is -2.08. The summed E-state index contributed by atoms with van der Waals surface area (Å²) in [5, 5.41) is 0.851. The van der Waals surface area contributed by atoms with Gasteiger partial charge in [0.2, 0.25) is 0 Å². The third-order valence-electron chi connectivity index (χ3n) is 3.15. The molecule has 0 aliphatic heterocycles. The average molecular weight is 180 g/mol. The van der Waals surface area contributed by atoms with Gasteiger partial charge in [-0.3, -0.25) is 0 Å². The van der Waals surface area contributed by atoms with Gasteiger partial charge in [0, 0.05) is 17.0 Å². The smallest absolute Gasteiger partial charge is 0.0408 e. The van der Waals surface area contributed by atoms with Crippen LogP contribution in [0.5, 0.6) is 0 Å². The van der Waals surface area contributed by atoms with E-state index in [0.717, 1.165) is 17.4 Å². The highest BCUT2D eigenvalue weighted by atomic mass is 35.5. The van der Waals surface area contributed by atoms with Crippen LogP contribution < -0.4 is 5.73 Å². The van der Waals surface area contributed by atoms with Crippen molar-refractivity contribution in [1.29, 1.82) is 0 Å². The number of hydrogen-bond donors (Lipinski definition) is 1. The van der Waals surface area contributed by atoms with Gasteiger partial charge in [-0.2, -0.15) is 0 Å². The van der Waals surface area contributed by atoms with Gasteiger partial charge in [-0.05, 0) is 35.6 Å². The first-order chi connectivity index (χ1) is 5.77. The summed E-state index contributed by atoms with van der Waals surface area (Å²) >= 11 is 5.89. The molecule has 2 aliphatic rings. The van der Waals surface area contributed by atoms with E-state index in [-0.39, 0.29) is 0 Å². The van der Waals surface area contributed by atoms with Crippen molar-refractivity contribution in [2.75, 3.05) is 0 Å². The molecule has 0 aromatic heterocycles. The van der Waals surface area contributed by atoms with Gasteiger partial charge in [0.1, 0.15) is 0 Å². The normalized spacial score (nSPS) is 36.0. The van der Waals surface area contributed by atoms with Crippen LogP contribution in [0.4, 0.5) is 0 Å². The third kappa shape index (κ3) is 0.732. The second-order valence-corrected chi connectivity index (χ2v) is 4.25. The van der Waals surface area contributed by atoms with E-state index in [1.165, 1.54) is 11.1 Å². The number of halogens is 1. The van der Waals surface area contributed by atoms with Crippen LogP contribution in [0.25, 0.3) is 0 Å². The van der Waals surface area contributed by atoms with Gasteiger partial charge in [0.15, 0.2) is 0 Å². The summed E-state index contributed by atoms with van der Waals surface area (Å²) in [6.07, 6.45) is 1.14. The Kier molecular flexibility index (Phi) is 1.18. The molecule has 1 aromatic carbocycles. The first-order valence-electron chi connectivity index (χ1n) is 4.31. The molecule has 0 radical (unpaired) electrons. The quantitative estimate of drug-likeness (QED) is 0.647. The Hall–Kier alpha value is -0.530. The molecular formula is C10H10ClN. The van der Waals surface area contributed by atoms with E-state index >= 15 is 0 Å². The Morgan fingerprint density at radius 3 is 3.08 bits per heavy atom. The second-order valence-electron chi connectivity index (χ2n) is 3.81. The van der Waals surface area contributed by atoms with Gasteiger partial charge in [-0.25, -0.2) is 0 Å². The van der Waals surface area contributed by atoms with Crippen LogP contribution in [-0.2, 0) is 6.42 Å². The minimum atomic E-state index is 0.429. The molecule has 0 spiro atoms. The molecular weight excluding hydrogens is 170 g/mol. The molecule has 0 saturated heterocycles. The average Bonchev–Trinajstić information content (AvgIpc) is 2.57. The summed E-state index contributed by atoms with van der Waals surface area (Å²) in [5.74, 6) is 1.37. The highest BCUT2D eigenvalue weighted by Crippen LogP contribution is 2.55. The van der Waals surface area contributed by atoms with Crippen molar-refractivity contribution in [1.82, 2.24) is 0 Å². The summed E-state index contributed by atoms with van der Waals surface area (Å²) in [4.78, 5) is 0. The van der Waals surface area contributed by atoms with Crippen molar-refractivity contribution < 1.29 is 0 Å². The molecule has 0 unspecified atom stereocenters. The number of benzene rings is 1. The Balaban J connectivity index is 2.11. The topological polar surface area (TPSA) is 26.0 Å². The summed E-state index contributed by atoms with van der Waals surface area (Å²) in [7, 11) is 0. The SMILES string of the molecule is N[C@@H]1[C@H]2Cc3cc(Cl)ccc3[C@H]12. The summed E-state index contributed by atoms with van der Waals surface area (Å²) in [5.41, 5.74) is 8.75. The second kappa shape index (κ2) is 2.04. The van der Waals surface area contributed by atoms with Crippen molar-refractivity contribution in [2.24, 2.45) is 11.7 Å². The zero-order chi connectivity index (χ0) is 8.29. The van der Waals surface area contributed by atoms with Gasteiger partial charge < -0.3 is 5.73 Å². The number of fused-ring (bicyclic) bond motifs is 3. The molecule has 12 heavy (non-hydrogen) atoms. The molecule has 2 aliphatic carbocycles. The summed E-state index contributed by atoms with van der Waals surface area (Å²) in [6, 6.07) is 6.61. The number of rotatable bonds is 0. The largest absolute Gasteiger partial charge is 0.327 e. The molecule has 1 nitrogen and oxygen atoms in total. The van der Waals surface area contributed by atoms with Gasteiger partial charge in [-0.1, -0.05) is 17.7 Å². The van der Waals surface area contributed by atoms with Crippen molar-refractivity contribution in [3.05, 3.63) is 34.3 Å². The minimum Gasteiger partial charge on any atom is -0.327 e. The van der Waals surface area contributed by atoms with Crippen LogP contribution in [0.3, 0.4) is 0 Å². The molecule has 2 N–H and O–H groups in total. The third-order valence-corrected chi connectivity index (χ3v) is 3.38. The number of hydrogen-bond acceptors (Lipinski definition) is 1. The molecule has 1 aromatic rings. The van der Waals surface area contributed by atoms with Crippen molar-refractivity contribution in [3.8, 4) is 0 Å². The van der Waals surface area contributed by atoms with Crippen molar-refractivity contribution in [3.63, 3.8) is 0 Å². The Labute approximate surface area is 76.5 Å². The maximum Gasteiger partial charge on any atom is 0.0408 e. The fraction of sp³-hybridized carbons (Fsp3) is 0.400. The molecule has 0 bridgehead atoms. The molecule has 62 valence electrons. The molecule has 1 saturated carbocycles. The highest BCUT2D eigenvalue weighted by molar-refractivity contribution is 6.30.